The summed E-state index contributed by atoms with van der Waals surface area (Å²) >= 11 is 0. The third-order valence-corrected chi connectivity index (χ3v) is 3.76. The Morgan fingerprint density at radius 3 is 2.36 bits per heavy atom. The van der Waals surface area contributed by atoms with Gasteiger partial charge in [-0.25, -0.2) is 4.39 Å². The molecule has 1 aromatic heterocycles. The number of nitrogen functional groups attached to an aromatic ring is 1. The molecular formula is C18H14ClFN2. The highest BCUT2D eigenvalue weighted by molar-refractivity contribution is 6.10. The second kappa shape index (κ2) is 5.35. The quantitative estimate of drug-likeness (QED) is 0.497. The van der Waals surface area contributed by atoms with E-state index in [1.807, 2.05) is 42.5 Å². The summed E-state index contributed by atoms with van der Waals surface area (Å²) in [6.07, 6.45) is 0. The highest BCUT2D eigenvalue weighted by Gasteiger charge is 2.12. The van der Waals surface area contributed by atoms with Crippen LogP contribution in [0.1, 0.15) is 0 Å². The first-order chi connectivity index (χ1) is 10.2. The number of nitrogens with zero attached hydrogens (tertiary/aromatic N) is 1. The van der Waals surface area contributed by atoms with Crippen LogP contribution >= 0.6 is 12.4 Å². The van der Waals surface area contributed by atoms with Crippen LogP contribution in [0.5, 0.6) is 0 Å². The van der Waals surface area contributed by atoms with Gasteiger partial charge in [-0.05, 0) is 42.5 Å². The van der Waals surface area contributed by atoms with E-state index in [9.17, 15) is 4.39 Å². The van der Waals surface area contributed by atoms with Gasteiger partial charge in [0.2, 0.25) is 0 Å². The van der Waals surface area contributed by atoms with E-state index in [1.54, 1.807) is 12.1 Å². The molecule has 2 N–H and O–H groups in total. The number of anilines is 1. The van der Waals surface area contributed by atoms with Gasteiger partial charge in [0, 0.05) is 22.1 Å². The molecule has 0 aliphatic heterocycles. The number of halogens is 2. The molecule has 0 spiro atoms. The molecule has 0 radical (unpaired) electrons. The van der Waals surface area contributed by atoms with E-state index in [4.69, 9.17) is 5.73 Å². The van der Waals surface area contributed by atoms with E-state index in [0.29, 0.717) is 0 Å². The average molecular weight is 313 g/mol. The molecule has 0 atom stereocenters. The van der Waals surface area contributed by atoms with Crippen LogP contribution in [0.3, 0.4) is 0 Å². The molecule has 3 aromatic carbocycles. The molecule has 4 heteroatoms. The molecule has 0 aliphatic rings. The van der Waals surface area contributed by atoms with E-state index >= 15 is 0 Å². The Labute approximate surface area is 133 Å². The second-order valence-corrected chi connectivity index (χ2v) is 5.11. The minimum Gasteiger partial charge on any atom is -0.399 e. The lowest BCUT2D eigenvalue weighted by atomic mass is 10.1. The van der Waals surface area contributed by atoms with Gasteiger partial charge in [-0.3, -0.25) is 0 Å². The van der Waals surface area contributed by atoms with Crippen LogP contribution in [0.4, 0.5) is 10.1 Å². The summed E-state index contributed by atoms with van der Waals surface area (Å²) in [5.41, 5.74) is 9.52. The van der Waals surface area contributed by atoms with Crippen molar-refractivity contribution in [2.24, 2.45) is 0 Å². The number of aromatic nitrogens is 1. The third-order valence-electron chi connectivity index (χ3n) is 3.76. The lowest BCUT2D eigenvalue weighted by Gasteiger charge is -2.07. The first-order valence-electron chi connectivity index (χ1n) is 6.79. The zero-order valence-corrected chi connectivity index (χ0v) is 12.5. The zero-order valence-electron chi connectivity index (χ0n) is 11.7. The van der Waals surface area contributed by atoms with Crippen molar-refractivity contribution < 1.29 is 4.39 Å². The number of fused-ring (bicyclic) bond motifs is 3. The zero-order chi connectivity index (χ0) is 14.4. The summed E-state index contributed by atoms with van der Waals surface area (Å²) in [5.74, 6) is -0.242. The predicted octanol–water partition coefficient (Wildman–Crippen LogP) is 4.93. The van der Waals surface area contributed by atoms with E-state index in [0.717, 1.165) is 33.2 Å². The lowest BCUT2D eigenvalue weighted by molar-refractivity contribution is 0.627. The molecule has 0 amide bonds. The molecular weight excluding hydrogens is 299 g/mol. The van der Waals surface area contributed by atoms with Crippen LogP contribution in [0.25, 0.3) is 27.5 Å². The first kappa shape index (κ1) is 14.4. The number of hydrogen-bond acceptors (Lipinski definition) is 1. The molecule has 0 aliphatic carbocycles. The standard InChI is InChI=1S/C18H13FN2.ClH/c19-12-4-3-5-14(10-12)21-17-7-2-1-6-15(17)16-11-13(20)8-9-18(16)21;/h1-11H,20H2;1H. The predicted molar refractivity (Wildman–Crippen MR) is 92.4 cm³/mol. The summed E-state index contributed by atoms with van der Waals surface area (Å²) in [4.78, 5) is 0. The minimum absolute atomic E-state index is 0. The summed E-state index contributed by atoms with van der Waals surface area (Å²) in [5, 5.41) is 2.19. The smallest absolute Gasteiger partial charge is 0.125 e. The molecule has 0 bridgehead atoms. The van der Waals surface area contributed by atoms with Gasteiger partial charge < -0.3 is 10.3 Å². The van der Waals surface area contributed by atoms with Gasteiger partial charge in [0.1, 0.15) is 5.82 Å². The second-order valence-electron chi connectivity index (χ2n) is 5.11. The van der Waals surface area contributed by atoms with Crippen LogP contribution in [0.2, 0.25) is 0 Å². The van der Waals surface area contributed by atoms with Crippen molar-refractivity contribution in [2.75, 3.05) is 5.73 Å². The number of benzene rings is 3. The van der Waals surface area contributed by atoms with Crippen molar-refractivity contribution in [1.29, 1.82) is 0 Å². The van der Waals surface area contributed by atoms with Gasteiger partial charge in [-0.2, -0.15) is 0 Å². The maximum Gasteiger partial charge on any atom is 0.125 e. The molecule has 0 fully saturated rings. The number of para-hydroxylation sites is 1. The van der Waals surface area contributed by atoms with Crippen LogP contribution in [0, 0.1) is 5.82 Å². The van der Waals surface area contributed by atoms with E-state index in [-0.39, 0.29) is 18.2 Å². The molecule has 4 rings (SSSR count). The van der Waals surface area contributed by atoms with Crippen molar-refractivity contribution in [3.8, 4) is 5.69 Å². The first-order valence-corrected chi connectivity index (χ1v) is 6.79. The number of nitrogens with two attached hydrogens (primary N) is 1. The van der Waals surface area contributed by atoms with Crippen molar-refractivity contribution in [1.82, 2.24) is 4.57 Å². The average Bonchev–Trinajstić information content (AvgIpc) is 2.81. The molecule has 110 valence electrons. The summed E-state index contributed by atoms with van der Waals surface area (Å²) < 4.78 is 15.7. The maximum absolute atomic E-state index is 13.6. The monoisotopic (exact) mass is 312 g/mol. The van der Waals surface area contributed by atoms with E-state index in [1.165, 1.54) is 6.07 Å². The molecule has 1 heterocycles. The van der Waals surface area contributed by atoms with Gasteiger partial charge in [0.05, 0.1) is 11.0 Å². The Bertz CT molecular complexity index is 975. The Morgan fingerprint density at radius 1 is 0.773 bits per heavy atom. The Balaban J connectivity index is 0.00000144. The van der Waals surface area contributed by atoms with Crippen LogP contribution in [0.15, 0.2) is 66.7 Å². The summed E-state index contributed by atoms with van der Waals surface area (Å²) in [6, 6.07) is 20.5. The fourth-order valence-corrected chi connectivity index (χ4v) is 2.88. The highest BCUT2D eigenvalue weighted by Crippen LogP contribution is 2.32. The van der Waals surface area contributed by atoms with Crippen molar-refractivity contribution in [3.63, 3.8) is 0 Å². The largest absolute Gasteiger partial charge is 0.399 e. The minimum atomic E-state index is -0.242. The van der Waals surface area contributed by atoms with Gasteiger partial charge in [-0.1, -0.05) is 24.3 Å². The van der Waals surface area contributed by atoms with Gasteiger partial charge in [-0.15, -0.1) is 12.4 Å². The molecule has 0 saturated heterocycles. The Hall–Kier alpha value is -2.52. The van der Waals surface area contributed by atoms with Crippen molar-refractivity contribution >= 4 is 39.9 Å². The normalized spacial score (nSPS) is 10.8. The Morgan fingerprint density at radius 2 is 1.55 bits per heavy atom. The third kappa shape index (κ3) is 2.11. The molecule has 22 heavy (non-hydrogen) atoms. The van der Waals surface area contributed by atoms with Crippen LogP contribution in [-0.4, -0.2) is 4.57 Å². The van der Waals surface area contributed by atoms with Crippen molar-refractivity contribution in [2.45, 2.75) is 0 Å². The summed E-state index contributed by atoms with van der Waals surface area (Å²) in [6.45, 7) is 0. The van der Waals surface area contributed by atoms with Gasteiger partial charge in [0.15, 0.2) is 0 Å². The van der Waals surface area contributed by atoms with Gasteiger partial charge in [0.25, 0.3) is 0 Å². The molecule has 4 aromatic rings. The number of hydrogen-bond donors (Lipinski definition) is 1. The SMILES string of the molecule is Cl.Nc1ccc2c(c1)c1ccccc1n2-c1cccc(F)c1. The topological polar surface area (TPSA) is 30.9 Å². The van der Waals surface area contributed by atoms with Crippen LogP contribution in [-0.2, 0) is 0 Å². The lowest BCUT2D eigenvalue weighted by Crippen LogP contribution is -1.94. The highest BCUT2D eigenvalue weighted by atomic mass is 35.5. The van der Waals surface area contributed by atoms with E-state index in [2.05, 4.69) is 10.6 Å². The molecule has 2 nitrogen and oxygen atoms in total. The summed E-state index contributed by atoms with van der Waals surface area (Å²) in [7, 11) is 0. The Kier molecular flexibility index (Phi) is 3.51. The fourth-order valence-electron chi connectivity index (χ4n) is 2.88. The molecule has 0 saturated carbocycles. The number of rotatable bonds is 1. The van der Waals surface area contributed by atoms with E-state index < -0.39 is 0 Å². The molecule has 0 unspecified atom stereocenters. The maximum atomic E-state index is 13.6. The fraction of sp³-hybridized carbons (Fsp3) is 0. The van der Waals surface area contributed by atoms with Gasteiger partial charge >= 0.3 is 0 Å². The van der Waals surface area contributed by atoms with Crippen molar-refractivity contribution in [3.05, 3.63) is 72.5 Å². The van der Waals surface area contributed by atoms with Crippen LogP contribution < -0.4 is 5.73 Å².